The summed E-state index contributed by atoms with van der Waals surface area (Å²) in [7, 11) is 0. The summed E-state index contributed by atoms with van der Waals surface area (Å²) >= 11 is 0. The topological polar surface area (TPSA) is 26.7 Å². The molecule has 2 unspecified atom stereocenters. The smallest absolute Gasteiger partial charge is 0.0555 e. The molecule has 110 valence electrons. The minimum atomic E-state index is -0.0291. The highest BCUT2D eigenvalue weighted by molar-refractivity contribution is 4.87. The highest BCUT2D eigenvalue weighted by atomic mass is 16.3. The lowest BCUT2D eigenvalue weighted by Crippen LogP contribution is -2.50. The first-order chi connectivity index (χ1) is 9.33. The number of piperidine rings is 2. The molecule has 0 aromatic rings. The summed E-state index contributed by atoms with van der Waals surface area (Å²) in [5, 5.41) is 9.83. The summed E-state index contributed by atoms with van der Waals surface area (Å²) in [4.78, 5) is 5.42. The zero-order valence-electron chi connectivity index (χ0n) is 12.3. The maximum atomic E-state index is 9.83. The molecular formula is C16H30N2O. The van der Waals surface area contributed by atoms with E-state index in [1.165, 1.54) is 71.1 Å². The third kappa shape index (κ3) is 3.50. The Bertz CT molecular complexity index is 270. The Balaban J connectivity index is 1.46. The molecule has 0 radical (unpaired) electrons. The fourth-order valence-electron chi connectivity index (χ4n) is 4.37. The van der Waals surface area contributed by atoms with E-state index >= 15 is 0 Å². The Morgan fingerprint density at radius 3 is 2.00 bits per heavy atom. The molecular weight excluding hydrogens is 236 g/mol. The van der Waals surface area contributed by atoms with Crippen LogP contribution in [0.2, 0.25) is 0 Å². The molecule has 0 aromatic heterocycles. The fraction of sp³-hybridized carbons (Fsp3) is 1.00. The minimum Gasteiger partial charge on any atom is -0.393 e. The summed E-state index contributed by atoms with van der Waals surface area (Å²) in [5.74, 6) is 0. The van der Waals surface area contributed by atoms with Crippen molar-refractivity contribution in [3.8, 4) is 0 Å². The van der Waals surface area contributed by atoms with E-state index in [4.69, 9.17) is 0 Å². The lowest BCUT2D eigenvalue weighted by molar-refractivity contribution is 0.0289. The molecule has 3 nitrogen and oxygen atoms in total. The van der Waals surface area contributed by atoms with Gasteiger partial charge in [-0.3, -0.25) is 0 Å². The second kappa shape index (κ2) is 6.55. The molecule has 19 heavy (non-hydrogen) atoms. The van der Waals surface area contributed by atoms with Crippen molar-refractivity contribution < 1.29 is 5.11 Å². The van der Waals surface area contributed by atoms with Crippen LogP contribution in [0, 0.1) is 0 Å². The lowest BCUT2D eigenvalue weighted by atomic mass is 9.90. The van der Waals surface area contributed by atoms with Crippen molar-refractivity contribution in [2.45, 2.75) is 76.0 Å². The summed E-state index contributed by atoms with van der Waals surface area (Å²) < 4.78 is 0. The molecule has 0 amide bonds. The third-order valence-electron chi connectivity index (χ3n) is 5.54. The van der Waals surface area contributed by atoms with E-state index in [0.29, 0.717) is 6.04 Å². The minimum absolute atomic E-state index is 0.0291. The summed E-state index contributed by atoms with van der Waals surface area (Å²) in [6, 6.07) is 1.52. The van der Waals surface area contributed by atoms with Crippen LogP contribution in [0.4, 0.5) is 0 Å². The standard InChI is InChI=1S/C16H30N2O/c19-16-6-4-5-15(13-16)18-11-7-14(8-12-18)17-9-2-1-3-10-17/h14-16,19H,1-13H2. The van der Waals surface area contributed by atoms with Crippen LogP contribution in [-0.2, 0) is 0 Å². The van der Waals surface area contributed by atoms with Crippen molar-refractivity contribution in [1.29, 1.82) is 0 Å². The monoisotopic (exact) mass is 266 g/mol. The zero-order valence-corrected chi connectivity index (χ0v) is 12.3. The van der Waals surface area contributed by atoms with Crippen LogP contribution >= 0.6 is 0 Å². The van der Waals surface area contributed by atoms with Crippen LogP contribution in [-0.4, -0.2) is 59.3 Å². The second-order valence-corrected chi connectivity index (χ2v) is 6.84. The molecule has 2 saturated heterocycles. The Hall–Kier alpha value is -0.120. The Kier molecular flexibility index (Phi) is 4.78. The molecule has 0 aromatic carbocycles. The molecule has 3 aliphatic rings. The van der Waals surface area contributed by atoms with Crippen LogP contribution in [0.5, 0.6) is 0 Å². The van der Waals surface area contributed by atoms with Gasteiger partial charge in [0.15, 0.2) is 0 Å². The van der Waals surface area contributed by atoms with Crippen LogP contribution in [0.15, 0.2) is 0 Å². The van der Waals surface area contributed by atoms with E-state index < -0.39 is 0 Å². The lowest BCUT2D eigenvalue weighted by Gasteiger charge is -2.44. The zero-order chi connectivity index (χ0) is 13.1. The van der Waals surface area contributed by atoms with Crippen molar-refractivity contribution in [3.63, 3.8) is 0 Å². The van der Waals surface area contributed by atoms with Crippen LogP contribution < -0.4 is 0 Å². The number of aliphatic hydroxyl groups is 1. The number of hydrogen-bond acceptors (Lipinski definition) is 3. The van der Waals surface area contributed by atoms with Gasteiger partial charge in [0.25, 0.3) is 0 Å². The number of aliphatic hydroxyl groups excluding tert-OH is 1. The number of likely N-dealkylation sites (tertiary alicyclic amines) is 2. The average Bonchev–Trinajstić information content (AvgIpc) is 2.48. The van der Waals surface area contributed by atoms with Gasteiger partial charge in [-0.2, -0.15) is 0 Å². The van der Waals surface area contributed by atoms with Gasteiger partial charge in [-0.05, 0) is 77.5 Å². The molecule has 1 saturated carbocycles. The Morgan fingerprint density at radius 1 is 0.632 bits per heavy atom. The predicted octanol–water partition coefficient (Wildman–Crippen LogP) is 2.24. The summed E-state index contributed by atoms with van der Waals surface area (Å²) in [5.41, 5.74) is 0. The second-order valence-electron chi connectivity index (χ2n) is 6.84. The van der Waals surface area contributed by atoms with Crippen molar-refractivity contribution in [3.05, 3.63) is 0 Å². The van der Waals surface area contributed by atoms with Crippen molar-refractivity contribution >= 4 is 0 Å². The van der Waals surface area contributed by atoms with Crippen LogP contribution in [0.1, 0.15) is 57.8 Å². The van der Waals surface area contributed by atoms with Crippen LogP contribution in [0.25, 0.3) is 0 Å². The largest absolute Gasteiger partial charge is 0.393 e. The van der Waals surface area contributed by atoms with Gasteiger partial charge in [-0.25, -0.2) is 0 Å². The highest BCUT2D eigenvalue weighted by Crippen LogP contribution is 2.27. The van der Waals surface area contributed by atoms with Gasteiger partial charge in [-0.15, -0.1) is 0 Å². The average molecular weight is 266 g/mol. The fourth-order valence-corrected chi connectivity index (χ4v) is 4.37. The molecule has 3 rings (SSSR count). The van der Waals surface area contributed by atoms with Gasteiger partial charge in [-0.1, -0.05) is 6.42 Å². The first-order valence-electron chi connectivity index (χ1n) is 8.49. The van der Waals surface area contributed by atoms with Crippen LogP contribution in [0.3, 0.4) is 0 Å². The number of nitrogens with zero attached hydrogens (tertiary/aromatic N) is 2. The Morgan fingerprint density at radius 2 is 1.32 bits per heavy atom. The van der Waals surface area contributed by atoms with E-state index in [1.54, 1.807) is 0 Å². The maximum absolute atomic E-state index is 9.83. The first kappa shape index (κ1) is 13.8. The van der Waals surface area contributed by atoms with Gasteiger partial charge in [0, 0.05) is 12.1 Å². The highest BCUT2D eigenvalue weighted by Gasteiger charge is 2.31. The molecule has 2 heterocycles. The summed E-state index contributed by atoms with van der Waals surface area (Å²) in [6.07, 6.45) is 11.5. The van der Waals surface area contributed by atoms with Gasteiger partial charge in [0.2, 0.25) is 0 Å². The van der Waals surface area contributed by atoms with Crippen molar-refractivity contribution in [2.24, 2.45) is 0 Å². The van der Waals surface area contributed by atoms with Crippen molar-refractivity contribution in [1.82, 2.24) is 9.80 Å². The third-order valence-corrected chi connectivity index (χ3v) is 5.54. The van der Waals surface area contributed by atoms with Crippen molar-refractivity contribution in [2.75, 3.05) is 26.2 Å². The molecule has 2 atom stereocenters. The predicted molar refractivity (Wildman–Crippen MR) is 78.3 cm³/mol. The maximum Gasteiger partial charge on any atom is 0.0555 e. The van der Waals surface area contributed by atoms with E-state index in [0.717, 1.165) is 18.9 Å². The normalized spacial score (nSPS) is 36.5. The molecule has 3 fully saturated rings. The quantitative estimate of drug-likeness (QED) is 0.830. The SMILES string of the molecule is OC1CCCC(N2CCC(N3CCCCC3)CC2)C1. The van der Waals surface area contributed by atoms with Gasteiger partial charge in [0.05, 0.1) is 6.10 Å². The molecule has 2 aliphatic heterocycles. The van der Waals surface area contributed by atoms with E-state index in [9.17, 15) is 5.11 Å². The molecule has 1 aliphatic carbocycles. The van der Waals surface area contributed by atoms with E-state index in [2.05, 4.69) is 9.80 Å². The Labute approximate surface area is 118 Å². The number of rotatable bonds is 2. The molecule has 0 spiro atoms. The number of hydrogen-bond donors (Lipinski definition) is 1. The summed E-state index contributed by atoms with van der Waals surface area (Å²) in [6.45, 7) is 5.21. The van der Waals surface area contributed by atoms with E-state index in [-0.39, 0.29) is 6.10 Å². The van der Waals surface area contributed by atoms with Gasteiger partial charge < -0.3 is 14.9 Å². The molecule has 1 N–H and O–H groups in total. The molecule has 3 heteroatoms. The van der Waals surface area contributed by atoms with E-state index in [1.807, 2.05) is 0 Å². The molecule has 0 bridgehead atoms. The van der Waals surface area contributed by atoms with Gasteiger partial charge >= 0.3 is 0 Å². The first-order valence-corrected chi connectivity index (χ1v) is 8.49. The van der Waals surface area contributed by atoms with Gasteiger partial charge in [0.1, 0.15) is 0 Å².